The van der Waals surface area contributed by atoms with Crippen LogP contribution in [-0.4, -0.2) is 15.0 Å². The van der Waals surface area contributed by atoms with Crippen LogP contribution >= 0.6 is 11.6 Å². The third kappa shape index (κ3) is 3.16. The van der Waals surface area contributed by atoms with E-state index in [9.17, 15) is 13.2 Å². The topological polar surface area (TPSA) is 64.7 Å². The van der Waals surface area contributed by atoms with Crippen LogP contribution in [0.2, 0.25) is 5.02 Å². The minimum atomic E-state index is -4.40. The molecule has 2 heterocycles. The average Bonchev–Trinajstić information content (AvgIpc) is 2.54. The summed E-state index contributed by atoms with van der Waals surface area (Å²) in [7, 11) is 0. The van der Waals surface area contributed by atoms with Gasteiger partial charge in [-0.05, 0) is 18.2 Å². The molecule has 0 spiro atoms. The number of pyridine rings is 1. The molecular weight excluding hydrogens is 341 g/mol. The van der Waals surface area contributed by atoms with Crippen molar-refractivity contribution < 1.29 is 13.2 Å². The Labute approximate surface area is 140 Å². The van der Waals surface area contributed by atoms with Crippen LogP contribution in [0.3, 0.4) is 0 Å². The first-order valence-electron chi connectivity index (χ1n) is 6.76. The second kappa shape index (κ2) is 6.09. The molecule has 122 valence electrons. The lowest BCUT2D eigenvalue weighted by molar-refractivity contribution is -0.137. The van der Waals surface area contributed by atoms with Gasteiger partial charge in [-0.15, -0.1) is 0 Å². The number of halogens is 4. The van der Waals surface area contributed by atoms with E-state index in [2.05, 4.69) is 15.0 Å². The van der Waals surface area contributed by atoms with Gasteiger partial charge in [0.15, 0.2) is 0 Å². The molecule has 1 aromatic carbocycles. The summed E-state index contributed by atoms with van der Waals surface area (Å²) >= 11 is 6.14. The predicted molar refractivity (Wildman–Crippen MR) is 85.1 cm³/mol. The second-order valence-electron chi connectivity index (χ2n) is 4.92. The number of benzene rings is 1. The maximum atomic E-state index is 12.7. The van der Waals surface area contributed by atoms with E-state index in [4.69, 9.17) is 17.3 Å². The van der Waals surface area contributed by atoms with Crippen LogP contribution in [0.15, 0.2) is 48.9 Å². The molecule has 2 N–H and O–H groups in total. The first-order valence-corrected chi connectivity index (χ1v) is 7.14. The number of rotatable bonds is 2. The summed E-state index contributed by atoms with van der Waals surface area (Å²) < 4.78 is 38.1. The van der Waals surface area contributed by atoms with E-state index in [0.717, 1.165) is 12.1 Å². The summed E-state index contributed by atoms with van der Waals surface area (Å²) in [5, 5.41) is 0.338. The Balaban J connectivity index is 2.14. The Bertz CT molecular complexity index is 879. The molecule has 0 aliphatic carbocycles. The number of aromatic nitrogens is 3. The Kier molecular flexibility index (Phi) is 4.11. The smallest absolute Gasteiger partial charge is 0.382 e. The summed E-state index contributed by atoms with van der Waals surface area (Å²) in [5.41, 5.74) is 6.73. The fourth-order valence-electron chi connectivity index (χ4n) is 2.19. The molecule has 0 bridgehead atoms. The number of anilines is 1. The quantitative estimate of drug-likeness (QED) is 0.741. The molecule has 0 saturated heterocycles. The third-order valence-corrected chi connectivity index (χ3v) is 3.61. The van der Waals surface area contributed by atoms with Crippen molar-refractivity contribution in [2.75, 3.05) is 5.73 Å². The van der Waals surface area contributed by atoms with E-state index >= 15 is 0 Å². The van der Waals surface area contributed by atoms with Crippen LogP contribution in [0.25, 0.3) is 22.5 Å². The van der Waals surface area contributed by atoms with Gasteiger partial charge in [0.05, 0.1) is 22.5 Å². The number of nitrogens with two attached hydrogens (primary N) is 1. The number of nitrogen functional groups attached to an aromatic ring is 1. The molecule has 24 heavy (non-hydrogen) atoms. The van der Waals surface area contributed by atoms with Crippen molar-refractivity contribution in [1.29, 1.82) is 0 Å². The van der Waals surface area contributed by atoms with Gasteiger partial charge in [0.1, 0.15) is 11.5 Å². The van der Waals surface area contributed by atoms with Crippen LogP contribution in [-0.2, 0) is 6.18 Å². The van der Waals surface area contributed by atoms with E-state index in [1.807, 2.05) is 0 Å². The Morgan fingerprint density at radius 3 is 2.29 bits per heavy atom. The van der Waals surface area contributed by atoms with Gasteiger partial charge in [-0.25, -0.2) is 4.98 Å². The van der Waals surface area contributed by atoms with Gasteiger partial charge >= 0.3 is 6.18 Å². The van der Waals surface area contributed by atoms with Crippen LogP contribution in [0.5, 0.6) is 0 Å². The van der Waals surface area contributed by atoms with E-state index in [-0.39, 0.29) is 5.82 Å². The normalized spacial score (nSPS) is 11.5. The highest BCUT2D eigenvalue weighted by atomic mass is 35.5. The van der Waals surface area contributed by atoms with Gasteiger partial charge < -0.3 is 5.73 Å². The summed E-state index contributed by atoms with van der Waals surface area (Å²) in [6.45, 7) is 0. The first-order chi connectivity index (χ1) is 11.4. The molecule has 4 nitrogen and oxygen atoms in total. The van der Waals surface area contributed by atoms with E-state index < -0.39 is 11.7 Å². The molecule has 0 aliphatic heterocycles. The molecule has 3 rings (SSSR count). The van der Waals surface area contributed by atoms with Gasteiger partial charge in [0.25, 0.3) is 0 Å². The highest BCUT2D eigenvalue weighted by Crippen LogP contribution is 2.35. The zero-order valence-electron chi connectivity index (χ0n) is 12.0. The first kappa shape index (κ1) is 16.2. The minimum absolute atomic E-state index is 0.175. The SMILES string of the molecule is Nc1cnc(-c2ccc(C(F)(F)F)cc2)c(-c2ccncc2Cl)n1. The van der Waals surface area contributed by atoms with Crippen molar-refractivity contribution in [3.63, 3.8) is 0 Å². The monoisotopic (exact) mass is 350 g/mol. The largest absolute Gasteiger partial charge is 0.416 e. The number of hydrogen-bond acceptors (Lipinski definition) is 4. The van der Waals surface area contributed by atoms with Crippen LogP contribution < -0.4 is 5.73 Å². The zero-order valence-corrected chi connectivity index (χ0v) is 12.8. The predicted octanol–water partition coefficient (Wildman–Crippen LogP) is 4.46. The maximum Gasteiger partial charge on any atom is 0.416 e. The summed E-state index contributed by atoms with van der Waals surface area (Å²) in [5.74, 6) is 0.175. The zero-order chi connectivity index (χ0) is 17.3. The van der Waals surface area contributed by atoms with Gasteiger partial charge in [-0.3, -0.25) is 9.97 Å². The van der Waals surface area contributed by atoms with Crippen LogP contribution in [0.4, 0.5) is 19.0 Å². The number of nitrogens with zero attached hydrogens (tertiary/aromatic N) is 3. The highest BCUT2D eigenvalue weighted by Gasteiger charge is 2.30. The summed E-state index contributed by atoms with van der Waals surface area (Å²) in [6, 6.07) is 6.29. The molecule has 0 radical (unpaired) electrons. The molecule has 0 aliphatic rings. The molecule has 0 saturated carbocycles. The van der Waals surface area contributed by atoms with Crippen LogP contribution in [0, 0.1) is 0 Å². The Morgan fingerprint density at radius 2 is 1.67 bits per heavy atom. The van der Waals surface area contributed by atoms with E-state index in [0.29, 0.717) is 27.5 Å². The van der Waals surface area contributed by atoms with Gasteiger partial charge in [0.2, 0.25) is 0 Å². The molecule has 0 atom stereocenters. The van der Waals surface area contributed by atoms with Gasteiger partial charge in [0, 0.05) is 23.5 Å². The molecule has 3 aromatic rings. The van der Waals surface area contributed by atoms with Gasteiger partial charge in [-0.2, -0.15) is 13.2 Å². The second-order valence-corrected chi connectivity index (χ2v) is 5.33. The van der Waals surface area contributed by atoms with Crippen molar-refractivity contribution in [1.82, 2.24) is 15.0 Å². The third-order valence-electron chi connectivity index (χ3n) is 3.30. The lowest BCUT2D eigenvalue weighted by atomic mass is 10.0. The summed E-state index contributed by atoms with van der Waals surface area (Å²) in [6.07, 6.45) is -0.0882. The van der Waals surface area contributed by atoms with E-state index in [1.165, 1.54) is 30.7 Å². The number of hydrogen-bond donors (Lipinski definition) is 1. The fraction of sp³-hybridized carbons (Fsp3) is 0.0625. The lowest BCUT2D eigenvalue weighted by Gasteiger charge is -2.11. The van der Waals surface area contributed by atoms with Crippen molar-refractivity contribution in [2.24, 2.45) is 0 Å². The highest BCUT2D eigenvalue weighted by molar-refractivity contribution is 6.33. The van der Waals surface area contributed by atoms with Crippen LogP contribution in [0.1, 0.15) is 5.56 Å². The Morgan fingerprint density at radius 1 is 0.958 bits per heavy atom. The molecule has 0 fully saturated rings. The molecule has 2 aromatic heterocycles. The van der Waals surface area contributed by atoms with Crippen molar-refractivity contribution >= 4 is 17.4 Å². The number of alkyl halides is 3. The van der Waals surface area contributed by atoms with E-state index in [1.54, 1.807) is 6.07 Å². The maximum absolute atomic E-state index is 12.7. The van der Waals surface area contributed by atoms with Crippen molar-refractivity contribution in [3.05, 3.63) is 59.5 Å². The molecule has 8 heteroatoms. The van der Waals surface area contributed by atoms with Crippen molar-refractivity contribution in [2.45, 2.75) is 6.18 Å². The minimum Gasteiger partial charge on any atom is -0.382 e. The average molecular weight is 351 g/mol. The fourth-order valence-corrected chi connectivity index (χ4v) is 2.39. The van der Waals surface area contributed by atoms with Crippen molar-refractivity contribution in [3.8, 4) is 22.5 Å². The van der Waals surface area contributed by atoms with Gasteiger partial charge in [-0.1, -0.05) is 23.7 Å². The Hall–Kier alpha value is -2.67. The molecular formula is C16H10ClF3N4. The summed E-state index contributed by atoms with van der Waals surface area (Å²) in [4.78, 5) is 12.3. The molecule has 0 amide bonds. The lowest BCUT2D eigenvalue weighted by Crippen LogP contribution is -2.04. The standard InChI is InChI=1S/C16H10ClF3N4/c17-12-7-22-6-5-11(12)15-14(23-8-13(21)24-15)9-1-3-10(4-2-9)16(18,19)20/h1-8H,(H2,21,24). The molecule has 0 unspecified atom stereocenters.